The van der Waals surface area contributed by atoms with Crippen molar-refractivity contribution in [2.75, 3.05) is 25.5 Å². The van der Waals surface area contributed by atoms with Crippen LogP contribution in [0, 0.1) is 0 Å². The van der Waals surface area contributed by atoms with Crippen molar-refractivity contribution in [3.05, 3.63) is 52.7 Å². The summed E-state index contributed by atoms with van der Waals surface area (Å²) in [5.74, 6) is -0.601. The van der Waals surface area contributed by atoms with Gasteiger partial charge >= 0.3 is 0 Å². The fourth-order valence-electron chi connectivity index (χ4n) is 2.19. The molecule has 0 aliphatic rings. The number of hydrogen-bond acceptors (Lipinski definition) is 6. The molecule has 8 heteroatoms. The van der Waals surface area contributed by atoms with Gasteiger partial charge in [0.15, 0.2) is 9.84 Å². The Balaban J connectivity index is 1.85. The predicted molar refractivity (Wildman–Crippen MR) is 96.2 cm³/mol. The van der Waals surface area contributed by atoms with E-state index in [0.717, 1.165) is 5.56 Å². The van der Waals surface area contributed by atoms with Crippen LogP contribution in [0.5, 0.6) is 0 Å². The zero-order chi connectivity index (χ0) is 18.1. The number of carbonyl (C=O) groups excluding carboxylic acids is 1. The van der Waals surface area contributed by atoms with Crippen LogP contribution >= 0.6 is 11.3 Å². The van der Waals surface area contributed by atoms with Crippen LogP contribution in [-0.4, -0.2) is 44.9 Å². The summed E-state index contributed by atoms with van der Waals surface area (Å²) in [5, 5.41) is 15.4. The maximum absolute atomic E-state index is 12.2. The van der Waals surface area contributed by atoms with Crippen LogP contribution < -0.4 is 5.32 Å². The summed E-state index contributed by atoms with van der Waals surface area (Å²) >= 11 is 1.51. The smallest absolute Gasteiger partial charge is 0.221 e. The first kappa shape index (κ1) is 19.6. The Morgan fingerprint density at radius 1 is 1.24 bits per heavy atom. The van der Waals surface area contributed by atoms with Gasteiger partial charge in [-0.15, -0.1) is 0 Å². The predicted octanol–water partition coefficient (Wildman–Crippen LogP) is 1.78. The minimum absolute atomic E-state index is 0.107. The van der Waals surface area contributed by atoms with Crippen molar-refractivity contribution < 1.29 is 23.1 Å². The van der Waals surface area contributed by atoms with Gasteiger partial charge in [0.1, 0.15) is 6.10 Å². The van der Waals surface area contributed by atoms with Gasteiger partial charge in [0.2, 0.25) is 5.91 Å². The number of hydrogen-bond donors (Lipinski definition) is 2. The van der Waals surface area contributed by atoms with Crippen LogP contribution in [0.4, 0.5) is 0 Å². The van der Waals surface area contributed by atoms with Gasteiger partial charge < -0.3 is 15.2 Å². The van der Waals surface area contributed by atoms with Crippen molar-refractivity contribution in [2.45, 2.75) is 17.4 Å². The van der Waals surface area contributed by atoms with E-state index in [0.29, 0.717) is 0 Å². The fraction of sp³-hybridized carbons (Fsp3) is 0.353. The first-order valence-electron chi connectivity index (χ1n) is 7.82. The monoisotopic (exact) mass is 383 g/mol. The number of ether oxygens (including phenoxy) is 1. The van der Waals surface area contributed by atoms with Crippen molar-refractivity contribution in [1.82, 2.24) is 5.32 Å². The molecule has 0 saturated heterocycles. The summed E-state index contributed by atoms with van der Waals surface area (Å²) in [6.07, 6.45) is -0.485. The molecule has 6 nitrogen and oxygen atoms in total. The molecule has 0 fully saturated rings. The van der Waals surface area contributed by atoms with Crippen molar-refractivity contribution in [3.63, 3.8) is 0 Å². The van der Waals surface area contributed by atoms with Crippen LogP contribution in [0.1, 0.15) is 18.1 Å². The van der Waals surface area contributed by atoms with Crippen LogP contribution in [0.2, 0.25) is 0 Å². The lowest BCUT2D eigenvalue weighted by Crippen LogP contribution is -2.31. The number of benzene rings is 1. The Morgan fingerprint density at radius 2 is 2.00 bits per heavy atom. The number of aliphatic hydroxyl groups is 1. The average Bonchev–Trinajstić information content (AvgIpc) is 3.15. The van der Waals surface area contributed by atoms with E-state index in [4.69, 9.17) is 9.84 Å². The zero-order valence-electron chi connectivity index (χ0n) is 13.6. The van der Waals surface area contributed by atoms with Crippen molar-refractivity contribution in [3.8, 4) is 0 Å². The number of rotatable bonds is 10. The lowest BCUT2D eigenvalue weighted by Gasteiger charge is -2.17. The number of amides is 1. The number of sulfone groups is 1. The van der Waals surface area contributed by atoms with Gasteiger partial charge in [0.05, 0.1) is 23.9 Å². The molecule has 1 aromatic carbocycles. The van der Waals surface area contributed by atoms with E-state index in [2.05, 4.69) is 5.32 Å². The standard InChI is InChI=1S/C17H21NO5S2/c19-8-9-23-16(14-6-10-24-13-14)12-18-17(20)7-11-25(21,22)15-4-2-1-3-5-15/h1-6,10,13,16,19H,7-9,11-12H2,(H,18,20). The Bertz CT molecular complexity index is 745. The van der Waals surface area contributed by atoms with Crippen molar-refractivity contribution >= 4 is 27.1 Å². The van der Waals surface area contributed by atoms with E-state index >= 15 is 0 Å². The molecular formula is C17H21NO5S2. The molecule has 0 radical (unpaired) electrons. The summed E-state index contributed by atoms with van der Waals surface area (Å²) in [7, 11) is -3.47. The quantitative estimate of drug-likeness (QED) is 0.652. The van der Waals surface area contributed by atoms with Gasteiger partial charge in [-0.25, -0.2) is 8.42 Å². The van der Waals surface area contributed by atoms with Gasteiger partial charge in [-0.3, -0.25) is 4.79 Å². The Hall–Kier alpha value is -1.74. The van der Waals surface area contributed by atoms with Gasteiger partial charge in [-0.2, -0.15) is 11.3 Å². The van der Waals surface area contributed by atoms with Gasteiger partial charge in [-0.05, 0) is 34.5 Å². The molecule has 0 spiro atoms. The summed E-state index contributed by atoms with van der Waals surface area (Å²) < 4.78 is 29.9. The molecule has 1 amide bonds. The van der Waals surface area contributed by atoms with E-state index in [1.165, 1.54) is 23.5 Å². The fourth-order valence-corrected chi connectivity index (χ4v) is 4.16. The van der Waals surface area contributed by atoms with Crippen LogP contribution in [0.15, 0.2) is 52.1 Å². The highest BCUT2D eigenvalue weighted by Crippen LogP contribution is 2.19. The first-order valence-corrected chi connectivity index (χ1v) is 10.4. The second kappa shape index (κ2) is 9.67. The molecule has 1 atom stereocenters. The molecular weight excluding hydrogens is 362 g/mol. The average molecular weight is 383 g/mol. The number of aliphatic hydroxyl groups excluding tert-OH is 1. The molecule has 1 heterocycles. The van der Waals surface area contributed by atoms with E-state index in [1.807, 2.05) is 16.8 Å². The normalized spacial score (nSPS) is 12.7. The lowest BCUT2D eigenvalue weighted by molar-refractivity contribution is -0.121. The zero-order valence-corrected chi connectivity index (χ0v) is 15.3. The Labute approximate surface area is 151 Å². The number of thiophene rings is 1. The van der Waals surface area contributed by atoms with E-state index in [-0.39, 0.29) is 48.8 Å². The highest BCUT2D eigenvalue weighted by atomic mass is 32.2. The maximum atomic E-state index is 12.2. The Kier molecular flexibility index (Phi) is 7.57. The maximum Gasteiger partial charge on any atom is 0.221 e. The van der Waals surface area contributed by atoms with E-state index in [9.17, 15) is 13.2 Å². The van der Waals surface area contributed by atoms with E-state index < -0.39 is 9.84 Å². The second-order valence-corrected chi connectivity index (χ2v) is 8.21. The van der Waals surface area contributed by atoms with Crippen LogP contribution in [0.25, 0.3) is 0 Å². The molecule has 0 saturated carbocycles. The van der Waals surface area contributed by atoms with Crippen molar-refractivity contribution in [1.29, 1.82) is 0 Å². The summed E-state index contributed by atoms with van der Waals surface area (Å²) in [6.45, 7) is 0.281. The van der Waals surface area contributed by atoms with Gasteiger partial charge in [0.25, 0.3) is 0 Å². The topological polar surface area (TPSA) is 92.7 Å². The lowest BCUT2D eigenvalue weighted by atomic mass is 10.2. The molecule has 25 heavy (non-hydrogen) atoms. The van der Waals surface area contributed by atoms with Crippen LogP contribution in [0.3, 0.4) is 0 Å². The highest BCUT2D eigenvalue weighted by Gasteiger charge is 2.18. The molecule has 0 aliphatic heterocycles. The molecule has 136 valence electrons. The number of carbonyl (C=O) groups is 1. The van der Waals surface area contributed by atoms with Crippen LogP contribution in [-0.2, 0) is 19.4 Å². The number of nitrogens with one attached hydrogen (secondary N) is 1. The Morgan fingerprint density at radius 3 is 2.64 bits per heavy atom. The molecule has 2 N–H and O–H groups in total. The largest absolute Gasteiger partial charge is 0.394 e. The molecule has 0 bridgehead atoms. The van der Waals surface area contributed by atoms with E-state index in [1.54, 1.807) is 18.2 Å². The third-order valence-electron chi connectivity index (χ3n) is 3.51. The SMILES string of the molecule is O=C(CCS(=O)(=O)c1ccccc1)NCC(OCCO)c1ccsc1. The van der Waals surface area contributed by atoms with Gasteiger partial charge in [-0.1, -0.05) is 18.2 Å². The molecule has 1 aromatic heterocycles. The molecule has 1 unspecified atom stereocenters. The molecule has 0 aliphatic carbocycles. The van der Waals surface area contributed by atoms with Gasteiger partial charge in [0, 0.05) is 13.0 Å². The minimum atomic E-state index is -3.47. The second-order valence-electron chi connectivity index (χ2n) is 5.33. The third-order valence-corrected chi connectivity index (χ3v) is 5.94. The molecule has 2 aromatic rings. The first-order chi connectivity index (χ1) is 12.0. The molecule has 2 rings (SSSR count). The summed E-state index contributed by atoms with van der Waals surface area (Å²) in [6, 6.07) is 9.96. The third kappa shape index (κ3) is 6.24. The van der Waals surface area contributed by atoms with Crippen molar-refractivity contribution in [2.24, 2.45) is 0 Å². The summed E-state index contributed by atoms with van der Waals surface area (Å²) in [5.41, 5.74) is 0.913. The summed E-state index contributed by atoms with van der Waals surface area (Å²) in [4.78, 5) is 12.2. The minimum Gasteiger partial charge on any atom is -0.394 e. The highest BCUT2D eigenvalue weighted by molar-refractivity contribution is 7.91.